The maximum Gasteiger partial charge on any atom is 0.418 e. The van der Waals surface area contributed by atoms with Crippen molar-refractivity contribution in [3.63, 3.8) is 0 Å². The monoisotopic (exact) mass is 407 g/mol. The van der Waals surface area contributed by atoms with Crippen LogP contribution < -0.4 is 5.32 Å². The van der Waals surface area contributed by atoms with Crippen molar-refractivity contribution in [1.29, 1.82) is 0 Å². The molecule has 0 radical (unpaired) electrons. The number of alkyl halides is 6. The van der Waals surface area contributed by atoms with E-state index in [4.69, 9.17) is 4.74 Å². The molecule has 0 spiro atoms. The lowest BCUT2D eigenvalue weighted by Gasteiger charge is -2.23. The molecule has 0 atom stereocenters. The van der Waals surface area contributed by atoms with Crippen molar-refractivity contribution in [3.8, 4) is 0 Å². The molecule has 0 aliphatic rings. The van der Waals surface area contributed by atoms with Crippen molar-refractivity contribution in [2.75, 3.05) is 5.32 Å². The topological polar surface area (TPSA) is 38.3 Å². The van der Waals surface area contributed by atoms with E-state index in [1.807, 2.05) is 0 Å². The van der Waals surface area contributed by atoms with Crippen LogP contribution in [-0.4, -0.2) is 11.7 Å². The first-order chi connectivity index (χ1) is 10.1. The van der Waals surface area contributed by atoms with Gasteiger partial charge in [0.05, 0.1) is 16.8 Å². The molecule has 0 unspecified atom stereocenters. The molecule has 1 rings (SSSR count). The van der Waals surface area contributed by atoms with E-state index in [-0.39, 0.29) is 0 Å². The van der Waals surface area contributed by atoms with Gasteiger partial charge in [-0.1, -0.05) is 15.9 Å². The predicted molar refractivity (Wildman–Crippen MR) is 74.0 cm³/mol. The molecule has 0 saturated carbocycles. The molecule has 0 aromatic heterocycles. The van der Waals surface area contributed by atoms with E-state index < -0.39 is 45.3 Å². The summed E-state index contributed by atoms with van der Waals surface area (Å²) in [5.41, 5.74) is -5.76. The van der Waals surface area contributed by atoms with E-state index in [9.17, 15) is 31.1 Å². The maximum absolute atomic E-state index is 13.0. The van der Waals surface area contributed by atoms with Gasteiger partial charge in [-0.2, -0.15) is 26.3 Å². The number of hydrogen-bond acceptors (Lipinski definition) is 2. The van der Waals surface area contributed by atoms with Gasteiger partial charge in [0, 0.05) is 4.47 Å². The number of anilines is 1. The highest BCUT2D eigenvalue weighted by Crippen LogP contribution is 2.44. The van der Waals surface area contributed by atoms with E-state index in [1.165, 1.54) is 20.8 Å². The highest BCUT2D eigenvalue weighted by Gasteiger charge is 2.42. The van der Waals surface area contributed by atoms with Crippen molar-refractivity contribution in [1.82, 2.24) is 0 Å². The smallest absolute Gasteiger partial charge is 0.418 e. The molecule has 10 heteroatoms. The van der Waals surface area contributed by atoms with Crippen LogP contribution >= 0.6 is 15.9 Å². The summed E-state index contributed by atoms with van der Waals surface area (Å²) in [6, 6.07) is 0.893. The maximum atomic E-state index is 13.0. The Hall–Kier alpha value is -1.45. The predicted octanol–water partition coefficient (Wildman–Crippen LogP) is 5.83. The number of nitrogens with one attached hydrogen (secondary N) is 1. The Kier molecular flexibility index (Phi) is 5.30. The van der Waals surface area contributed by atoms with Gasteiger partial charge in [0.25, 0.3) is 0 Å². The standard InChI is InChI=1S/C13H12BrF6NO2/c1-11(2,3)23-10(22)21-9-7(12(15,16)17)4-6(14)5-8(9)13(18,19)20/h4-5H,1-3H3,(H,21,22). The Morgan fingerprint density at radius 2 is 1.39 bits per heavy atom. The number of carbonyl (C=O) groups is 1. The fourth-order valence-electron chi connectivity index (χ4n) is 1.59. The summed E-state index contributed by atoms with van der Waals surface area (Å²) < 4.78 is 82.3. The molecule has 1 aromatic rings. The minimum absolute atomic E-state index is 0.424. The van der Waals surface area contributed by atoms with Crippen LogP contribution in [0.3, 0.4) is 0 Å². The van der Waals surface area contributed by atoms with Gasteiger partial charge in [0.1, 0.15) is 5.60 Å². The number of carbonyl (C=O) groups excluding carboxylic acids is 1. The molecule has 0 bridgehead atoms. The normalized spacial score (nSPS) is 13.0. The minimum Gasteiger partial charge on any atom is -0.444 e. The van der Waals surface area contributed by atoms with Gasteiger partial charge in [0.15, 0.2) is 0 Å². The summed E-state index contributed by atoms with van der Waals surface area (Å²) in [5.74, 6) is 0. The molecule has 0 saturated heterocycles. The number of hydrogen-bond donors (Lipinski definition) is 1. The van der Waals surface area contributed by atoms with Crippen molar-refractivity contribution >= 4 is 27.7 Å². The SMILES string of the molecule is CC(C)(C)OC(=O)Nc1c(C(F)(F)F)cc(Br)cc1C(F)(F)F. The summed E-state index contributed by atoms with van der Waals surface area (Å²) in [6.07, 6.45) is -11.6. The van der Waals surface area contributed by atoms with Crippen molar-refractivity contribution in [3.05, 3.63) is 27.7 Å². The number of halogens is 7. The first-order valence-electron chi connectivity index (χ1n) is 6.09. The van der Waals surface area contributed by atoms with Crippen molar-refractivity contribution < 1.29 is 35.9 Å². The third kappa shape index (κ3) is 5.60. The van der Waals surface area contributed by atoms with E-state index in [0.29, 0.717) is 12.1 Å². The summed E-state index contributed by atoms with van der Waals surface area (Å²) in [5, 5.41) is 1.55. The molecule has 130 valence electrons. The van der Waals surface area contributed by atoms with Gasteiger partial charge in [-0.25, -0.2) is 4.79 Å². The second-order valence-electron chi connectivity index (χ2n) is 5.50. The number of rotatable bonds is 1. The van der Waals surface area contributed by atoms with E-state index >= 15 is 0 Å². The highest BCUT2D eigenvalue weighted by molar-refractivity contribution is 9.10. The van der Waals surface area contributed by atoms with Gasteiger partial charge in [-0.05, 0) is 32.9 Å². The molecule has 1 amide bonds. The van der Waals surface area contributed by atoms with Gasteiger partial charge < -0.3 is 4.74 Å². The van der Waals surface area contributed by atoms with Gasteiger partial charge in [-0.3, -0.25) is 5.32 Å². The summed E-state index contributed by atoms with van der Waals surface area (Å²) in [4.78, 5) is 11.6. The first kappa shape index (κ1) is 19.6. The Labute approximate surface area is 136 Å². The lowest BCUT2D eigenvalue weighted by Crippen LogP contribution is -2.29. The van der Waals surface area contributed by atoms with Crippen molar-refractivity contribution in [2.45, 2.75) is 38.7 Å². The molecule has 0 aliphatic heterocycles. The zero-order chi connectivity index (χ0) is 18.2. The molecule has 0 fully saturated rings. The third-order valence-electron chi connectivity index (χ3n) is 2.34. The Morgan fingerprint density at radius 3 is 1.70 bits per heavy atom. The molecule has 23 heavy (non-hydrogen) atoms. The molecule has 1 N–H and O–H groups in total. The fourth-order valence-corrected chi connectivity index (χ4v) is 2.05. The number of benzene rings is 1. The van der Waals surface area contributed by atoms with Crippen LogP contribution in [0.15, 0.2) is 16.6 Å². The highest BCUT2D eigenvalue weighted by atomic mass is 79.9. The van der Waals surface area contributed by atoms with Gasteiger partial charge in [-0.15, -0.1) is 0 Å². The van der Waals surface area contributed by atoms with Gasteiger partial charge >= 0.3 is 18.4 Å². The lowest BCUT2D eigenvalue weighted by atomic mass is 10.1. The van der Waals surface area contributed by atoms with Crippen LogP contribution in [0.1, 0.15) is 31.9 Å². The van der Waals surface area contributed by atoms with Crippen LogP contribution in [0, 0.1) is 0 Å². The first-order valence-corrected chi connectivity index (χ1v) is 6.88. The second kappa shape index (κ2) is 6.21. The molecular formula is C13H12BrF6NO2. The molecule has 3 nitrogen and oxygen atoms in total. The largest absolute Gasteiger partial charge is 0.444 e. The summed E-state index contributed by atoms with van der Waals surface area (Å²) >= 11 is 2.60. The molecule has 1 aromatic carbocycles. The van der Waals surface area contributed by atoms with Gasteiger partial charge in [0.2, 0.25) is 0 Å². The molecule has 0 aliphatic carbocycles. The average Bonchev–Trinajstić information content (AvgIpc) is 2.25. The lowest BCUT2D eigenvalue weighted by molar-refractivity contribution is -0.141. The van der Waals surface area contributed by atoms with E-state index in [1.54, 1.807) is 5.32 Å². The quantitative estimate of drug-likeness (QED) is 0.594. The minimum atomic E-state index is -5.10. The second-order valence-corrected chi connectivity index (χ2v) is 6.41. The Balaban J connectivity index is 3.45. The summed E-state index contributed by atoms with van der Waals surface area (Å²) in [6.45, 7) is 4.26. The van der Waals surface area contributed by atoms with Crippen LogP contribution in [0.25, 0.3) is 0 Å². The van der Waals surface area contributed by atoms with Crippen molar-refractivity contribution in [2.24, 2.45) is 0 Å². The summed E-state index contributed by atoms with van der Waals surface area (Å²) in [7, 11) is 0. The zero-order valence-corrected chi connectivity index (χ0v) is 13.7. The zero-order valence-electron chi connectivity index (χ0n) is 12.1. The van der Waals surface area contributed by atoms with E-state index in [2.05, 4.69) is 15.9 Å². The van der Waals surface area contributed by atoms with Crippen LogP contribution in [0.4, 0.5) is 36.8 Å². The van der Waals surface area contributed by atoms with Crippen LogP contribution in [-0.2, 0) is 17.1 Å². The van der Waals surface area contributed by atoms with Crippen LogP contribution in [0.5, 0.6) is 0 Å². The number of amides is 1. The Morgan fingerprint density at radius 1 is 1.00 bits per heavy atom. The third-order valence-corrected chi connectivity index (χ3v) is 2.80. The molecule has 0 heterocycles. The number of ether oxygens (including phenoxy) is 1. The van der Waals surface area contributed by atoms with E-state index in [0.717, 1.165) is 0 Å². The fraction of sp³-hybridized carbons (Fsp3) is 0.462. The molecular weight excluding hydrogens is 396 g/mol. The Bertz CT molecular complexity index is 569. The van der Waals surface area contributed by atoms with Crippen LogP contribution in [0.2, 0.25) is 0 Å². The average molecular weight is 408 g/mol.